The molecule has 0 nitrogen and oxygen atoms in total. The average Bonchev–Trinajstić information content (AvgIpc) is 2.30. The first-order valence-corrected chi connectivity index (χ1v) is 5.52. The molecule has 1 fully saturated rings. The molecule has 1 rings (SSSR count). The third kappa shape index (κ3) is 2.02. The number of rotatable bonds is 2. The van der Waals surface area contributed by atoms with Gasteiger partial charge in [-0.15, -0.1) is 0 Å². The molecule has 72 valence electrons. The minimum Gasteiger partial charge on any atom is -0.0625 e. The first-order valence-electron chi connectivity index (χ1n) is 5.52. The van der Waals surface area contributed by atoms with Gasteiger partial charge in [0, 0.05) is 0 Å². The lowest BCUT2D eigenvalue weighted by atomic mass is 9.87. The zero-order valence-corrected chi connectivity index (χ0v) is 9.30. The van der Waals surface area contributed by atoms with Crippen molar-refractivity contribution in [3.8, 4) is 0 Å². The first kappa shape index (κ1) is 10.1. The molecule has 12 heavy (non-hydrogen) atoms. The summed E-state index contributed by atoms with van der Waals surface area (Å²) in [6.45, 7) is 11.9. The molecule has 0 heteroatoms. The Morgan fingerprint density at radius 3 is 1.75 bits per heavy atom. The standard InChI is InChI=1S/C12H24/c1-8(2)11-6-10(5)12(7-11)9(3)4/h8-12H,6-7H2,1-5H3. The maximum Gasteiger partial charge on any atom is -0.0362 e. The van der Waals surface area contributed by atoms with Gasteiger partial charge in [-0.1, -0.05) is 34.6 Å². The Morgan fingerprint density at radius 1 is 0.917 bits per heavy atom. The molecular weight excluding hydrogens is 144 g/mol. The summed E-state index contributed by atoms with van der Waals surface area (Å²) >= 11 is 0. The van der Waals surface area contributed by atoms with E-state index < -0.39 is 0 Å². The second-order valence-corrected chi connectivity index (χ2v) is 5.36. The summed E-state index contributed by atoms with van der Waals surface area (Å²) in [5.74, 6) is 4.77. The Kier molecular flexibility index (Phi) is 3.20. The van der Waals surface area contributed by atoms with Crippen molar-refractivity contribution in [2.45, 2.75) is 47.5 Å². The van der Waals surface area contributed by atoms with E-state index in [-0.39, 0.29) is 0 Å². The fraction of sp³-hybridized carbons (Fsp3) is 1.00. The van der Waals surface area contributed by atoms with Gasteiger partial charge >= 0.3 is 0 Å². The third-order valence-electron chi connectivity index (χ3n) is 3.78. The molecule has 0 heterocycles. The maximum absolute atomic E-state index is 2.44. The van der Waals surface area contributed by atoms with Crippen LogP contribution in [0.3, 0.4) is 0 Å². The van der Waals surface area contributed by atoms with Crippen LogP contribution in [-0.4, -0.2) is 0 Å². The average molecular weight is 168 g/mol. The van der Waals surface area contributed by atoms with E-state index in [4.69, 9.17) is 0 Å². The molecule has 0 radical (unpaired) electrons. The topological polar surface area (TPSA) is 0 Å². The fourth-order valence-corrected chi connectivity index (χ4v) is 2.80. The van der Waals surface area contributed by atoms with Gasteiger partial charge in [-0.25, -0.2) is 0 Å². The Labute approximate surface area is 77.7 Å². The molecule has 1 saturated carbocycles. The van der Waals surface area contributed by atoms with Gasteiger partial charge in [0.25, 0.3) is 0 Å². The van der Waals surface area contributed by atoms with Crippen molar-refractivity contribution in [2.75, 3.05) is 0 Å². The van der Waals surface area contributed by atoms with Crippen LogP contribution in [0.4, 0.5) is 0 Å². The summed E-state index contributed by atoms with van der Waals surface area (Å²) < 4.78 is 0. The van der Waals surface area contributed by atoms with E-state index in [0.717, 1.165) is 29.6 Å². The van der Waals surface area contributed by atoms with Crippen molar-refractivity contribution >= 4 is 0 Å². The van der Waals surface area contributed by atoms with Crippen LogP contribution in [0.25, 0.3) is 0 Å². The molecule has 0 N–H and O–H groups in total. The second-order valence-electron chi connectivity index (χ2n) is 5.36. The lowest BCUT2D eigenvalue weighted by Crippen LogP contribution is -2.11. The molecular formula is C12H24. The third-order valence-corrected chi connectivity index (χ3v) is 3.78. The highest BCUT2D eigenvalue weighted by molar-refractivity contribution is 4.83. The summed E-state index contributed by atoms with van der Waals surface area (Å²) in [4.78, 5) is 0. The van der Waals surface area contributed by atoms with Crippen LogP contribution in [0, 0.1) is 29.6 Å². The van der Waals surface area contributed by atoms with Gasteiger partial charge in [0.05, 0.1) is 0 Å². The van der Waals surface area contributed by atoms with Gasteiger partial charge in [-0.3, -0.25) is 0 Å². The molecule has 0 aromatic carbocycles. The smallest absolute Gasteiger partial charge is 0.0362 e. The van der Waals surface area contributed by atoms with Crippen LogP contribution in [0.1, 0.15) is 47.5 Å². The predicted octanol–water partition coefficient (Wildman–Crippen LogP) is 3.96. The Balaban J connectivity index is 2.50. The number of hydrogen-bond acceptors (Lipinski definition) is 0. The maximum atomic E-state index is 2.44. The molecule has 0 bridgehead atoms. The van der Waals surface area contributed by atoms with Crippen molar-refractivity contribution in [3.05, 3.63) is 0 Å². The molecule has 3 atom stereocenters. The van der Waals surface area contributed by atoms with Gasteiger partial charge in [0.15, 0.2) is 0 Å². The molecule has 0 aromatic rings. The SMILES string of the molecule is CC(C)C1CC(C)C(C(C)C)C1. The minimum absolute atomic E-state index is 0.892. The van der Waals surface area contributed by atoms with E-state index in [1.165, 1.54) is 12.8 Å². The summed E-state index contributed by atoms with van der Waals surface area (Å²) in [5.41, 5.74) is 0. The Hall–Kier alpha value is 0. The van der Waals surface area contributed by atoms with Crippen LogP contribution < -0.4 is 0 Å². The first-order chi connectivity index (χ1) is 5.52. The van der Waals surface area contributed by atoms with E-state index in [1.54, 1.807) is 0 Å². The zero-order chi connectivity index (χ0) is 9.30. The van der Waals surface area contributed by atoms with Gasteiger partial charge in [0.1, 0.15) is 0 Å². The summed E-state index contributed by atoms with van der Waals surface area (Å²) in [6, 6.07) is 0. The molecule has 3 unspecified atom stereocenters. The molecule has 0 aromatic heterocycles. The molecule has 0 amide bonds. The number of hydrogen-bond donors (Lipinski definition) is 0. The molecule has 0 saturated heterocycles. The van der Waals surface area contributed by atoms with Crippen molar-refractivity contribution < 1.29 is 0 Å². The van der Waals surface area contributed by atoms with Gasteiger partial charge in [-0.05, 0) is 42.4 Å². The highest BCUT2D eigenvalue weighted by Crippen LogP contribution is 2.43. The van der Waals surface area contributed by atoms with Gasteiger partial charge in [0.2, 0.25) is 0 Å². The van der Waals surface area contributed by atoms with Crippen LogP contribution in [0.15, 0.2) is 0 Å². The van der Waals surface area contributed by atoms with Gasteiger partial charge in [-0.2, -0.15) is 0 Å². The Bertz CT molecular complexity index is 135. The lowest BCUT2D eigenvalue weighted by molar-refractivity contribution is 0.307. The van der Waals surface area contributed by atoms with E-state index >= 15 is 0 Å². The van der Waals surface area contributed by atoms with E-state index in [0.29, 0.717) is 0 Å². The van der Waals surface area contributed by atoms with Crippen molar-refractivity contribution in [1.29, 1.82) is 0 Å². The fourth-order valence-electron chi connectivity index (χ4n) is 2.80. The van der Waals surface area contributed by atoms with E-state index in [2.05, 4.69) is 34.6 Å². The highest BCUT2D eigenvalue weighted by atomic mass is 14.4. The predicted molar refractivity (Wildman–Crippen MR) is 55.1 cm³/mol. The van der Waals surface area contributed by atoms with Crippen LogP contribution >= 0.6 is 0 Å². The molecule has 0 spiro atoms. The van der Waals surface area contributed by atoms with E-state index in [1.807, 2.05) is 0 Å². The summed E-state index contributed by atoms with van der Waals surface area (Å²) in [7, 11) is 0. The molecule has 0 aliphatic heterocycles. The largest absolute Gasteiger partial charge is 0.0625 e. The van der Waals surface area contributed by atoms with Crippen molar-refractivity contribution in [2.24, 2.45) is 29.6 Å². The van der Waals surface area contributed by atoms with Crippen LogP contribution in [0.5, 0.6) is 0 Å². The normalized spacial score (nSPS) is 36.8. The second kappa shape index (κ2) is 3.81. The summed E-state index contributed by atoms with van der Waals surface area (Å²) in [5, 5.41) is 0. The molecule has 1 aliphatic carbocycles. The monoisotopic (exact) mass is 168 g/mol. The lowest BCUT2D eigenvalue weighted by Gasteiger charge is -2.19. The van der Waals surface area contributed by atoms with Crippen molar-refractivity contribution in [3.63, 3.8) is 0 Å². The van der Waals surface area contributed by atoms with Gasteiger partial charge < -0.3 is 0 Å². The van der Waals surface area contributed by atoms with Crippen molar-refractivity contribution in [1.82, 2.24) is 0 Å². The summed E-state index contributed by atoms with van der Waals surface area (Å²) in [6.07, 6.45) is 2.96. The zero-order valence-electron chi connectivity index (χ0n) is 9.30. The highest BCUT2D eigenvalue weighted by Gasteiger charge is 2.33. The minimum atomic E-state index is 0.892. The Morgan fingerprint density at radius 2 is 1.50 bits per heavy atom. The van der Waals surface area contributed by atoms with E-state index in [9.17, 15) is 0 Å². The van der Waals surface area contributed by atoms with Crippen LogP contribution in [-0.2, 0) is 0 Å². The van der Waals surface area contributed by atoms with Crippen LogP contribution in [0.2, 0.25) is 0 Å². The quantitative estimate of drug-likeness (QED) is 0.585. The molecule has 1 aliphatic rings.